The van der Waals surface area contributed by atoms with Gasteiger partial charge in [0, 0.05) is 142 Å². The number of hydrogen-bond donors (Lipinski definition) is 6. The number of nitrogens with zero attached hydrogens (tertiary/aromatic N) is 4. The van der Waals surface area contributed by atoms with Crippen LogP contribution < -0.4 is 31.9 Å². The van der Waals surface area contributed by atoms with Crippen LogP contribution in [0.15, 0.2) is 24.3 Å². The highest BCUT2D eigenvalue weighted by molar-refractivity contribution is 5.85. The largest absolute Gasteiger partial charge is 0.461 e. The van der Waals surface area contributed by atoms with Crippen LogP contribution in [0.25, 0.3) is 0 Å². The first-order valence-electron chi connectivity index (χ1n) is 43.4. The maximum Gasteiger partial charge on any atom is 0.306 e. The van der Waals surface area contributed by atoms with Gasteiger partial charge in [0.05, 0.1) is 16.9 Å². The van der Waals surface area contributed by atoms with Crippen LogP contribution in [0.4, 0.5) is 5.69 Å². The zero-order valence-corrected chi connectivity index (χ0v) is 68.4. The molecule has 0 aliphatic carbocycles. The second kappa shape index (κ2) is 71.9. The second-order valence-corrected chi connectivity index (χ2v) is 29.7. The van der Waals surface area contributed by atoms with Gasteiger partial charge in [-0.1, -0.05) is 245 Å². The summed E-state index contributed by atoms with van der Waals surface area (Å²) in [6, 6.07) is 5.90. The van der Waals surface area contributed by atoms with E-state index in [4.69, 9.17) is 4.74 Å². The predicted molar refractivity (Wildman–Crippen MR) is 433 cm³/mol. The van der Waals surface area contributed by atoms with E-state index in [1.165, 1.54) is 177 Å². The highest BCUT2D eigenvalue weighted by Gasteiger charge is 2.21. The first kappa shape index (κ1) is 99.3. The van der Waals surface area contributed by atoms with E-state index in [1.54, 1.807) is 15.9 Å². The van der Waals surface area contributed by atoms with Crippen molar-refractivity contribution in [3.05, 3.63) is 39.9 Å². The predicted octanol–water partition coefficient (Wildman–Crippen LogP) is 16.2. The van der Waals surface area contributed by atoms with Gasteiger partial charge in [0.1, 0.15) is 6.61 Å². The summed E-state index contributed by atoms with van der Waals surface area (Å²) in [5, 5.41) is 29.3. The van der Waals surface area contributed by atoms with Gasteiger partial charge in [-0.25, -0.2) is 0 Å². The quantitative estimate of drug-likeness (QED) is 0.0153. The lowest BCUT2D eigenvalue weighted by Gasteiger charge is -2.24. The first-order chi connectivity index (χ1) is 52.5. The molecule has 0 aromatic heterocycles. The number of carbonyl (C=O) groups excluding carboxylic acids is 10. The van der Waals surface area contributed by atoms with E-state index >= 15 is 0 Å². The van der Waals surface area contributed by atoms with Crippen LogP contribution in [-0.4, -0.2) is 157 Å². The highest BCUT2D eigenvalue weighted by Crippen LogP contribution is 2.20. The summed E-state index contributed by atoms with van der Waals surface area (Å²) in [7, 11) is 0. The summed E-state index contributed by atoms with van der Waals surface area (Å²) in [5.41, 5.74) is 0.00697. The molecule has 0 fully saturated rings. The van der Waals surface area contributed by atoms with Gasteiger partial charge in [0.2, 0.25) is 53.2 Å². The zero-order chi connectivity index (χ0) is 79.0. The van der Waals surface area contributed by atoms with Crippen molar-refractivity contribution in [2.75, 3.05) is 78.5 Å². The molecule has 0 spiro atoms. The molecular weight excluding hydrogens is 1370 g/mol. The van der Waals surface area contributed by atoms with Crippen molar-refractivity contribution in [3.63, 3.8) is 0 Å². The number of carbonyl (C=O) groups is 10. The number of esters is 1. The Morgan fingerprint density at radius 1 is 0.296 bits per heavy atom. The summed E-state index contributed by atoms with van der Waals surface area (Å²) < 4.78 is 5.34. The molecule has 1 rings (SSSR count). The van der Waals surface area contributed by atoms with Crippen molar-refractivity contribution in [3.8, 4) is 0 Å². The van der Waals surface area contributed by atoms with Crippen LogP contribution in [0, 0.1) is 10.1 Å². The number of nitro groups is 1. The van der Waals surface area contributed by atoms with Gasteiger partial charge in [0.25, 0.3) is 5.69 Å². The highest BCUT2D eigenvalue weighted by atomic mass is 16.6. The molecule has 0 bridgehead atoms. The summed E-state index contributed by atoms with van der Waals surface area (Å²) in [6.45, 7) is 12.3. The standard InChI is InChI=1S/C85H152N10O13/c1-5-9-13-17-21-25-29-33-37-51-76(96)86-61-43-67-92(68-44-62-87-77(97)52-38-34-30-26-22-18-14-10-6-2)82(102)57-55-80(100)90-65-47-71-94(84(104)59-60-85(105)108-73-74-49-41-42-50-75(74)95(106)107)72-48-66-91-81(101)56-58-83(103)93(69-45-63-88-78(98)53-39-35-31-27-23-19-15-11-7-3)70-46-64-89-79(99)54-40-36-32-28-24-20-16-12-8-4/h41-42,49-50H,5-40,43-48,51-73H2,1-4H3,(H,86,96)(H,87,97)(H,88,98)(H,89,99)(H,90,100)(H,91,101). The molecule has 0 aliphatic heterocycles. The van der Waals surface area contributed by atoms with Gasteiger partial charge in [-0.15, -0.1) is 0 Å². The Kier molecular flexibility index (Phi) is 66.1. The van der Waals surface area contributed by atoms with Crippen LogP contribution in [0.1, 0.15) is 367 Å². The van der Waals surface area contributed by atoms with E-state index in [9.17, 15) is 58.1 Å². The Bertz CT molecular complexity index is 2330. The fourth-order valence-electron chi connectivity index (χ4n) is 13.2. The third kappa shape index (κ3) is 60.2. The molecule has 1 aromatic carbocycles. The topological polar surface area (TPSA) is 305 Å². The molecule has 1 aromatic rings. The van der Waals surface area contributed by atoms with Crippen molar-refractivity contribution in [2.24, 2.45) is 0 Å². The average Bonchev–Trinajstić information content (AvgIpc) is 0.869. The lowest BCUT2D eigenvalue weighted by molar-refractivity contribution is -0.385. The fourth-order valence-corrected chi connectivity index (χ4v) is 13.2. The van der Waals surface area contributed by atoms with Crippen molar-refractivity contribution in [1.29, 1.82) is 0 Å². The van der Waals surface area contributed by atoms with Gasteiger partial charge in [-0.2, -0.15) is 0 Å². The smallest absolute Gasteiger partial charge is 0.306 e. The molecule has 23 nitrogen and oxygen atoms in total. The van der Waals surface area contributed by atoms with E-state index in [0.29, 0.717) is 117 Å². The summed E-state index contributed by atoms with van der Waals surface area (Å²) in [5.74, 6) is -2.27. The second-order valence-electron chi connectivity index (χ2n) is 29.7. The number of nitrogens with one attached hydrogen (secondary N) is 6. The van der Waals surface area contributed by atoms with Crippen LogP contribution in [0.2, 0.25) is 0 Å². The first-order valence-corrected chi connectivity index (χ1v) is 43.4. The van der Waals surface area contributed by atoms with Crippen molar-refractivity contribution >= 4 is 64.8 Å². The molecule has 0 saturated heterocycles. The molecule has 6 N–H and O–H groups in total. The number of nitro benzene ring substituents is 1. The lowest BCUT2D eigenvalue weighted by atomic mass is 10.1. The van der Waals surface area contributed by atoms with Crippen molar-refractivity contribution in [2.45, 2.75) is 368 Å². The molecule has 108 heavy (non-hydrogen) atoms. The van der Waals surface area contributed by atoms with E-state index < -0.39 is 10.9 Å². The van der Waals surface area contributed by atoms with Gasteiger partial charge in [0.15, 0.2) is 0 Å². The minimum Gasteiger partial charge on any atom is -0.461 e. The van der Waals surface area contributed by atoms with E-state index in [-0.39, 0.29) is 136 Å². The molecular formula is C85H152N10O13. The zero-order valence-electron chi connectivity index (χ0n) is 68.4. The molecule has 620 valence electrons. The molecule has 0 heterocycles. The van der Waals surface area contributed by atoms with Crippen molar-refractivity contribution < 1.29 is 57.6 Å². The lowest BCUT2D eigenvalue weighted by Crippen LogP contribution is -2.38. The summed E-state index contributed by atoms with van der Waals surface area (Å²) in [6.07, 6.45) is 45.7. The molecule has 0 unspecified atom stereocenters. The number of para-hydroxylation sites is 1. The van der Waals surface area contributed by atoms with Crippen LogP contribution in [-0.2, 0) is 59.3 Å². The van der Waals surface area contributed by atoms with E-state index in [2.05, 4.69) is 59.6 Å². The summed E-state index contributed by atoms with van der Waals surface area (Å²) >= 11 is 0. The molecule has 23 heteroatoms. The third-order valence-corrected chi connectivity index (χ3v) is 19.9. The minimum atomic E-state index is -0.724. The number of benzene rings is 1. The number of amides is 9. The SMILES string of the molecule is CCCCCCCCCCCC(=O)NCCCN(CCCNC(=O)CCCCCCCCCCC)C(=O)CCC(=O)NCCCN(CCCNC(=O)CCC(=O)N(CCCNC(=O)CCCCCCCCCCC)CCCNC(=O)CCCCCCCCCCC)C(=O)CCC(=O)OCc1ccccc1[N+](=O)[O-]. The fraction of sp³-hybridized carbons (Fsp3) is 0.812. The molecule has 0 radical (unpaired) electrons. The maximum absolute atomic E-state index is 13.8. The molecule has 0 aliphatic rings. The Hall–Kier alpha value is -6.68. The van der Waals surface area contributed by atoms with Gasteiger partial charge in [-0.3, -0.25) is 58.1 Å². The van der Waals surface area contributed by atoms with Gasteiger partial charge >= 0.3 is 5.97 Å². The summed E-state index contributed by atoms with van der Waals surface area (Å²) in [4.78, 5) is 148. The molecule has 9 amide bonds. The third-order valence-electron chi connectivity index (χ3n) is 19.9. The average molecular weight is 1520 g/mol. The minimum absolute atomic E-state index is 0.00405. The van der Waals surface area contributed by atoms with Gasteiger partial charge in [-0.05, 0) is 70.3 Å². The Morgan fingerprint density at radius 3 is 0.769 bits per heavy atom. The number of rotatable bonds is 76. The normalized spacial score (nSPS) is 11.0. The van der Waals surface area contributed by atoms with Gasteiger partial charge < -0.3 is 51.3 Å². The van der Waals surface area contributed by atoms with Crippen molar-refractivity contribution in [1.82, 2.24) is 46.6 Å². The molecule has 0 atom stereocenters. The Morgan fingerprint density at radius 2 is 0.519 bits per heavy atom. The van der Waals surface area contributed by atoms with E-state index in [0.717, 1.165) is 77.0 Å². The van der Waals surface area contributed by atoms with E-state index in [1.807, 2.05) is 0 Å². The van der Waals surface area contributed by atoms with Crippen LogP contribution in [0.5, 0.6) is 0 Å². The molecule has 0 saturated carbocycles. The monoisotopic (exact) mass is 1520 g/mol. The Balaban J connectivity index is 2.96. The van der Waals surface area contributed by atoms with Crippen LogP contribution in [0.3, 0.4) is 0 Å². The maximum atomic E-state index is 13.8. The number of hydrogen-bond acceptors (Lipinski definition) is 13. The van der Waals surface area contributed by atoms with Crippen LogP contribution >= 0.6 is 0 Å². The number of unbranched alkanes of at least 4 members (excludes halogenated alkanes) is 32. The number of ether oxygens (including phenoxy) is 1. The Labute approximate surface area is 652 Å².